The van der Waals surface area contributed by atoms with Crippen LogP contribution in [0.5, 0.6) is 5.75 Å². The maximum Gasteiger partial charge on any atom is 0.120 e. The van der Waals surface area contributed by atoms with Crippen LogP contribution in [0.15, 0.2) is 24.3 Å². The fourth-order valence-corrected chi connectivity index (χ4v) is 2.77. The van der Waals surface area contributed by atoms with Crippen molar-refractivity contribution in [3.63, 3.8) is 0 Å². The summed E-state index contributed by atoms with van der Waals surface area (Å²) in [5.74, 6) is 2.07. The van der Waals surface area contributed by atoms with E-state index in [2.05, 4.69) is 0 Å². The molecule has 1 aromatic rings. The van der Waals surface area contributed by atoms with Gasteiger partial charge in [0.1, 0.15) is 5.75 Å². The van der Waals surface area contributed by atoms with Crippen molar-refractivity contribution in [1.29, 1.82) is 0 Å². The molecule has 2 N–H and O–H groups in total. The minimum atomic E-state index is 0.483. The third-order valence-electron chi connectivity index (χ3n) is 3.63. The molecule has 3 heteroatoms. The Labute approximate surface area is 108 Å². The Hall–Kier alpha value is -0.730. The normalized spacial score (nSPS) is 18.2. The zero-order valence-corrected chi connectivity index (χ0v) is 10.8. The highest BCUT2D eigenvalue weighted by molar-refractivity contribution is 6.30. The largest absolute Gasteiger partial charge is 0.493 e. The average molecular weight is 254 g/mol. The molecule has 1 aliphatic carbocycles. The zero-order chi connectivity index (χ0) is 12.1. The zero-order valence-electron chi connectivity index (χ0n) is 10.1. The maximum absolute atomic E-state index is 5.92. The van der Waals surface area contributed by atoms with Gasteiger partial charge in [-0.15, -0.1) is 0 Å². The molecule has 0 bridgehead atoms. The number of halogens is 1. The van der Waals surface area contributed by atoms with E-state index in [4.69, 9.17) is 22.1 Å². The Bertz CT molecular complexity index is 350. The highest BCUT2D eigenvalue weighted by Crippen LogP contribution is 2.31. The van der Waals surface area contributed by atoms with E-state index in [1.807, 2.05) is 24.3 Å². The van der Waals surface area contributed by atoms with Gasteiger partial charge in [-0.3, -0.25) is 0 Å². The summed E-state index contributed by atoms with van der Waals surface area (Å²) < 4.78 is 5.79. The van der Waals surface area contributed by atoms with E-state index in [-0.39, 0.29) is 0 Å². The summed E-state index contributed by atoms with van der Waals surface area (Å²) >= 11 is 5.92. The third-order valence-corrected chi connectivity index (χ3v) is 3.86. The van der Waals surface area contributed by atoms with Crippen molar-refractivity contribution in [1.82, 2.24) is 0 Å². The molecule has 1 unspecified atom stereocenters. The standard InChI is InChI=1S/C14H20ClNO/c15-13-6-3-7-14(8-13)17-10-12(9-16)11-4-1-2-5-11/h3,6-8,11-12H,1-2,4-5,9-10,16H2. The minimum absolute atomic E-state index is 0.483. The summed E-state index contributed by atoms with van der Waals surface area (Å²) in [4.78, 5) is 0. The van der Waals surface area contributed by atoms with Crippen LogP contribution in [0.3, 0.4) is 0 Å². The summed E-state index contributed by atoms with van der Waals surface area (Å²) in [6.45, 7) is 1.42. The van der Waals surface area contributed by atoms with Crippen molar-refractivity contribution in [2.45, 2.75) is 25.7 Å². The highest BCUT2D eigenvalue weighted by Gasteiger charge is 2.24. The third kappa shape index (κ3) is 3.62. The van der Waals surface area contributed by atoms with E-state index in [0.29, 0.717) is 24.1 Å². The quantitative estimate of drug-likeness (QED) is 0.872. The van der Waals surface area contributed by atoms with Crippen LogP contribution in [-0.2, 0) is 0 Å². The molecule has 1 atom stereocenters. The van der Waals surface area contributed by atoms with Crippen LogP contribution >= 0.6 is 11.6 Å². The molecule has 0 aliphatic heterocycles. The van der Waals surface area contributed by atoms with E-state index >= 15 is 0 Å². The van der Waals surface area contributed by atoms with Crippen molar-refractivity contribution in [3.05, 3.63) is 29.3 Å². The second kappa shape index (κ2) is 6.27. The Morgan fingerprint density at radius 3 is 2.76 bits per heavy atom. The Balaban J connectivity index is 1.87. The van der Waals surface area contributed by atoms with E-state index < -0.39 is 0 Å². The second-order valence-corrected chi connectivity index (χ2v) is 5.25. The number of rotatable bonds is 5. The molecule has 2 rings (SSSR count). The Morgan fingerprint density at radius 1 is 1.35 bits per heavy atom. The van der Waals surface area contributed by atoms with Crippen molar-refractivity contribution >= 4 is 11.6 Å². The number of nitrogens with two attached hydrogens (primary N) is 1. The predicted molar refractivity (Wildman–Crippen MR) is 71.4 cm³/mol. The first-order valence-corrected chi connectivity index (χ1v) is 6.76. The van der Waals surface area contributed by atoms with Crippen LogP contribution in [0.25, 0.3) is 0 Å². The van der Waals surface area contributed by atoms with Gasteiger partial charge in [0.25, 0.3) is 0 Å². The fourth-order valence-electron chi connectivity index (χ4n) is 2.59. The molecule has 0 heterocycles. The molecular weight excluding hydrogens is 234 g/mol. The van der Waals surface area contributed by atoms with Crippen molar-refractivity contribution in [2.24, 2.45) is 17.6 Å². The van der Waals surface area contributed by atoms with Crippen molar-refractivity contribution < 1.29 is 4.74 Å². The van der Waals surface area contributed by atoms with E-state index in [0.717, 1.165) is 11.7 Å². The molecule has 17 heavy (non-hydrogen) atoms. The van der Waals surface area contributed by atoms with Gasteiger partial charge in [-0.2, -0.15) is 0 Å². The van der Waals surface area contributed by atoms with Gasteiger partial charge in [0.15, 0.2) is 0 Å². The topological polar surface area (TPSA) is 35.2 Å². The molecule has 0 radical (unpaired) electrons. The first kappa shape index (κ1) is 12.7. The fraction of sp³-hybridized carbons (Fsp3) is 0.571. The van der Waals surface area contributed by atoms with Crippen LogP contribution in [0.4, 0.5) is 0 Å². The lowest BCUT2D eigenvalue weighted by atomic mass is 9.92. The lowest BCUT2D eigenvalue weighted by molar-refractivity contribution is 0.200. The smallest absolute Gasteiger partial charge is 0.120 e. The molecule has 0 spiro atoms. The second-order valence-electron chi connectivity index (χ2n) is 4.81. The number of ether oxygens (including phenoxy) is 1. The SMILES string of the molecule is NCC(COc1cccc(Cl)c1)C1CCCC1. The summed E-state index contributed by atoms with van der Waals surface area (Å²) in [7, 11) is 0. The number of hydrogen-bond donors (Lipinski definition) is 1. The van der Waals surface area contributed by atoms with Crippen LogP contribution in [-0.4, -0.2) is 13.2 Å². The van der Waals surface area contributed by atoms with Gasteiger partial charge in [0.2, 0.25) is 0 Å². The molecule has 1 aliphatic rings. The summed E-state index contributed by atoms with van der Waals surface area (Å²) in [6.07, 6.45) is 5.30. The molecule has 0 amide bonds. The van der Waals surface area contributed by atoms with Gasteiger partial charge < -0.3 is 10.5 Å². The molecule has 0 saturated heterocycles. The van der Waals surface area contributed by atoms with Gasteiger partial charge in [-0.1, -0.05) is 43.4 Å². The minimum Gasteiger partial charge on any atom is -0.493 e. The summed E-state index contributed by atoms with van der Waals surface area (Å²) in [5.41, 5.74) is 5.84. The highest BCUT2D eigenvalue weighted by atomic mass is 35.5. The average Bonchev–Trinajstić information content (AvgIpc) is 2.84. The molecule has 0 aromatic heterocycles. The lowest BCUT2D eigenvalue weighted by Gasteiger charge is -2.22. The maximum atomic E-state index is 5.92. The summed E-state index contributed by atoms with van der Waals surface area (Å²) in [6, 6.07) is 7.55. The molecular formula is C14H20ClNO. The monoisotopic (exact) mass is 253 g/mol. The predicted octanol–water partition coefficient (Wildman–Crippen LogP) is 3.48. The van der Waals surface area contributed by atoms with Gasteiger partial charge in [0, 0.05) is 10.9 Å². The van der Waals surface area contributed by atoms with Gasteiger partial charge in [-0.25, -0.2) is 0 Å². The number of hydrogen-bond acceptors (Lipinski definition) is 2. The van der Waals surface area contributed by atoms with Crippen LogP contribution in [0, 0.1) is 11.8 Å². The van der Waals surface area contributed by atoms with E-state index in [9.17, 15) is 0 Å². The van der Waals surface area contributed by atoms with Crippen LogP contribution in [0.2, 0.25) is 5.02 Å². The Morgan fingerprint density at radius 2 is 2.12 bits per heavy atom. The summed E-state index contributed by atoms with van der Waals surface area (Å²) in [5, 5.41) is 0.715. The molecule has 1 fully saturated rings. The van der Waals surface area contributed by atoms with Gasteiger partial charge >= 0.3 is 0 Å². The van der Waals surface area contributed by atoms with Crippen LogP contribution in [0.1, 0.15) is 25.7 Å². The molecule has 94 valence electrons. The van der Waals surface area contributed by atoms with Gasteiger partial charge in [0.05, 0.1) is 6.61 Å². The van der Waals surface area contributed by atoms with Crippen molar-refractivity contribution in [3.8, 4) is 5.75 Å². The lowest BCUT2D eigenvalue weighted by Crippen LogP contribution is -2.27. The Kier molecular flexibility index (Phi) is 4.69. The molecule has 2 nitrogen and oxygen atoms in total. The van der Waals surface area contributed by atoms with E-state index in [1.54, 1.807) is 0 Å². The first-order valence-electron chi connectivity index (χ1n) is 6.38. The van der Waals surface area contributed by atoms with Crippen molar-refractivity contribution in [2.75, 3.05) is 13.2 Å². The van der Waals surface area contributed by atoms with Gasteiger partial charge in [-0.05, 0) is 30.7 Å². The van der Waals surface area contributed by atoms with Crippen LogP contribution < -0.4 is 10.5 Å². The molecule has 1 saturated carbocycles. The number of benzene rings is 1. The first-order chi connectivity index (χ1) is 8.29. The van der Waals surface area contributed by atoms with E-state index in [1.165, 1.54) is 25.7 Å². The molecule has 1 aromatic carbocycles.